The zero-order valence-corrected chi connectivity index (χ0v) is 11.0. The van der Waals surface area contributed by atoms with E-state index in [1.54, 1.807) is 0 Å². The number of carboxylic acid groups (broad SMARTS) is 1. The Morgan fingerprint density at radius 3 is 2.72 bits per heavy atom. The Labute approximate surface area is 108 Å². The van der Waals surface area contributed by atoms with Gasteiger partial charge in [-0.25, -0.2) is 13.4 Å². The first-order valence-corrected chi connectivity index (χ1v) is 7.87. The summed E-state index contributed by atoms with van der Waals surface area (Å²) in [7, 11) is -3.41. The molecule has 0 aliphatic rings. The van der Waals surface area contributed by atoms with E-state index in [1.807, 2.05) is 24.3 Å². The number of carbonyl (C=O) groups is 1. The summed E-state index contributed by atoms with van der Waals surface area (Å²) in [4.78, 5) is 14.6. The molecule has 0 atom stereocenters. The van der Waals surface area contributed by atoms with Crippen LogP contribution in [-0.2, 0) is 20.4 Å². The molecule has 0 amide bonds. The number of aliphatic carboxylic acids is 1. The van der Waals surface area contributed by atoms with E-state index in [1.165, 1.54) is 11.3 Å². The molecule has 0 radical (unpaired) electrons. The molecule has 1 N–H and O–H groups in total. The minimum atomic E-state index is -3.41. The third-order valence-corrected chi connectivity index (χ3v) is 5.07. The first-order valence-electron chi connectivity index (χ1n) is 5.23. The molecule has 0 bridgehead atoms. The molecular weight excluding hydrogens is 274 g/mol. The van der Waals surface area contributed by atoms with Gasteiger partial charge in [-0.05, 0) is 12.1 Å². The Balaban J connectivity index is 2.15. The highest BCUT2D eigenvalue weighted by atomic mass is 32.2. The molecule has 5 nitrogen and oxygen atoms in total. The van der Waals surface area contributed by atoms with Crippen LogP contribution < -0.4 is 0 Å². The lowest BCUT2D eigenvalue weighted by Gasteiger charge is -1.98. The van der Waals surface area contributed by atoms with Crippen LogP contribution >= 0.6 is 11.3 Å². The Kier molecular flexibility index (Phi) is 3.63. The smallest absolute Gasteiger partial charge is 0.304 e. The Morgan fingerprint density at radius 2 is 2.06 bits per heavy atom. The van der Waals surface area contributed by atoms with Gasteiger partial charge in [-0.3, -0.25) is 4.79 Å². The number of para-hydroxylation sites is 1. The monoisotopic (exact) mass is 285 g/mol. The average Bonchev–Trinajstić information content (AvgIpc) is 2.67. The maximum Gasteiger partial charge on any atom is 0.304 e. The number of rotatable bonds is 5. The summed E-state index contributed by atoms with van der Waals surface area (Å²) in [5, 5.41) is 8.98. The first-order chi connectivity index (χ1) is 8.46. The van der Waals surface area contributed by atoms with Crippen LogP contribution in [0.2, 0.25) is 0 Å². The van der Waals surface area contributed by atoms with Crippen molar-refractivity contribution in [3.05, 3.63) is 29.3 Å². The van der Waals surface area contributed by atoms with E-state index in [2.05, 4.69) is 4.98 Å². The number of sulfone groups is 1. The molecule has 0 saturated heterocycles. The molecule has 2 rings (SSSR count). The summed E-state index contributed by atoms with van der Waals surface area (Å²) in [5.41, 5.74) is 0.769. The number of thiazole rings is 1. The Hall–Kier alpha value is -1.47. The predicted octanol–water partition coefficient (Wildman–Crippen LogP) is 1.69. The van der Waals surface area contributed by atoms with Gasteiger partial charge in [0.1, 0.15) is 10.8 Å². The minimum absolute atomic E-state index is 0.195. The van der Waals surface area contributed by atoms with E-state index in [0.717, 1.165) is 10.2 Å². The van der Waals surface area contributed by atoms with Crippen molar-refractivity contribution in [1.29, 1.82) is 0 Å². The number of aromatic nitrogens is 1. The van der Waals surface area contributed by atoms with Crippen LogP contribution in [0.15, 0.2) is 24.3 Å². The lowest BCUT2D eigenvalue weighted by atomic mass is 10.3. The van der Waals surface area contributed by atoms with Gasteiger partial charge < -0.3 is 5.11 Å². The first kappa shape index (κ1) is 13.0. The van der Waals surface area contributed by atoms with Crippen molar-refractivity contribution in [3.63, 3.8) is 0 Å². The molecule has 0 fully saturated rings. The second-order valence-corrected chi connectivity index (χ2v) is 7.11. The number of carboxylic acids is 1. The molecule has 96 valence electrons. The van der Waals surface area contributed by atoms with E-state index >= 15 is 0 Å². The van der Waals surface area contributed by atoms with Crippen LogP contribution in [-0.4, -0.2) is 30.2 Å². The fraction of sp³-hybridized carbons (Fsp3) is 0.273. The molecule has 18 heavy (non-hydrogen) atoms. The van der Waals surface area contributed by atoms with Crippen LogP contribution in [0.5, 0.6) is 0 Å². The molecule has 0 unspecified atom stereocenters. The summed E-state index contributed by atoms with van der Waals surface area (Å²) in [6.45, 7) is 0. The topological polar surface area (TPSA) is 84.3 Å². The van der Waals surface area contributed by atoms with Crippen LogP contribution in [0.4, 0.5) is 0 Å². The third kappa shape index (κ3) is 3.27. The second kappa shape index (κ2) is 5.03. The fourth-order valence-corrected chi connectivity index (χ4v) is 4.09. The molecule has 0 aliphatic carbocycles. The number of hydrogen-bond donors (Lipinski definition) is 1. The van der Waals surface area contributed by atoms with Crippen molar-refractivity contribution in [2.75, 3.05) is 5.75 Å². The van der Waals surface area contributed by atoms with Crippen LogP contribution in [0.3, 0.4) is 0 Å². The Bertz CT molecular complexity index is 642. The van der Waals surface area contributed by atoms with Crippen molar-refractivity contribution in [3.8, 4) is 0 Å². The normalized spacial score (nSPS) is 11.8. The zero-order valence-electron chi connectivity index (χ0n) is 9.37. The second-order valence-electron chi connectivity index (χ2n) is 3.81. The number of fused-ring (bicyclic) bond motifs is 1. The standard InChI is InChI=1S/C11H11NO4S2/c13-11(14)5-6-18(15,16)7-10-12-8-3-1-2-4-9(8)17-10/h1-4H,5-7H2,(H,13,14). The number of benzene rings is 1. The Morgan fingerprint density at radius 1 is 1.33 bits per heavy atom. The fourth-order valence-electron chi connectivity index (χ4n) is 1.48. The van der Waals surface area contributed by atoms with E-state index in [9.17, 15) is 13.2 Å². The summed E-state index contributed by atoms with van der Waals surface area (Å²) < 4.78 is 24.3. The van der Waals surface area contributed by atoms with E-state index in [-0.39, 0.29) is 17.9 Å². The molecular formula is C11H11NO4S2. The average molecular weight is 285 g/mol. The lowest BCUT2D eigenvalue weighted by molar-refractivity contribution is -0.136. The van der Waals surface area contributed by atoms with Crippen LogP contribution in [0.25, 0.3) is 10.2 Å². The minimum Gasteiger partial charge on any atom is -0.481 e. The molecule has 1 heterocycles. The summed E-state index contributed by atoms with van der Waals surface area (Å²) in [5.74, 6) is -1.65. The number of hydrogen-bond acceptors (Lipinski definition) is 5. The van der Waals surface area contributed by atoms with Gasteiger partial charge in [0.05, 0.1) is 22.4 Å². The van der Waals surface area contributed by atoms with Gasteiger partial charge in [-0.1, -0.05) is 12.1 Å². The van der Waals surface area contributed by atoms with Gasteiger partial charge in [0, 0.05) is 0 Å². The van der Waals surface area contributed by atoms with Crippen molar-refractivity contribution in [2.45, 2.75) is 12.2 Å². The van der Waals surface area contributed by atoms with Gasteiger partial charge in [-0.15, -0.1) is 11.3 Å². The molecule has 0 aliphatic heterocycles. The lowest BCUT2D eigenvalue weighted by Crippen LogP contribution is -2.12. The maximum absolute atomic E-state index is 11.7. The largest absolute Gasteiger partial charge is 0.481 e. The quantitative estimate of drug-likeness (QED) is 0.903. The molecule has 0 spiro atoms. The molecule has 7 heteroatoms. The molecule has 0 saturated carbocycles. The van der Waals surface area contributed by atoms with Gasteiger partial charge in [-0.2, -0.15) is 0 Å². The van der Waals surface area contributed by atoms with E-state index in [0.29, 0.717) is 5.01 Å². The van der Waals surface area contributed by atoms with Crippen LogP contribution in [0.1, 0.15) is 11.4 Å². The van der Waals surface area contributed by atoms with E-state index in [4.69, 9.17) is 5.11 Å². The summed E-state index contributed by atoms with van der Waals surface area (Å²) in [6, 6.07) is 7.40. The number of nitrogens with zero attached hydrogens (tertiary/aromatic N) is 1. The van der Waals surface area contributed by atoms with Gasteiger partial charge in [0.25, 0.3) is 0 Å². The van der Waals surface area contributed by atoms with Gasteiger partial charge in [0.15, 0.2) is 9.84 Å². The van der Waals surface area contributed by atoms with Crippen molar-refractivity contribution in [1.82, 2.24) is 4.98 Å². The van der Waals surface area contributed by atoms with Crippen molar-refractivity contribution >= 4 is 37.4 Å². The van der Waals surface area contributed by atoms with Crippen molar-refractivity contribution < 1.29 is 18.3 Å². The highest BCUT2D eigenvalue weighted by Gasteiger charge is 2.16. The molecule has 1 aromatic carbocycles. The highest BCUT2D eigenvalue weighted by molar-refractivity contribution is 7.90. The summed E-state index contributed by atoms with van der Waals surface area (Å²) >= 11 is 1.32. The SMILES string of the molecule is O=C(O)CCS(=O)(=O)Cc1nc2ccccc2s1. The maximum atomic E-state index is 11.7. The highest BCUT2D eigenvalue weighted by Crippen LogP contribution is 2.23. The van der Waals surface area contributed by atoms with Crippen molar-refractivity contribution in [2.24, 2.45) is 0 Å². The molecule has 2 aromatic rings. The third-order valence-electron chi connectivity index (χ3n) is 2.31. The zero-order chi connectivity index (χ0) is 13.2. The molecule has 1 aromatic heterocycles. The summed E-state index contributed by atoms with van der Waals surface area (Å²) in [6.07, 6.45) is -0.368. The predicted molar refractivity (Wildman–Crippen MR) is 69.4 cm³/mol. The van der Waals surface area contributed by atoms with Gasteiger partial charge in [0.2, 0.25) is 0 Å². The van der Waals surface area contributed by atoms with Gasteiger partial charge >= 0.3 is 5.97 Å². The van der Waals surface area contributed by atoms with E-state index < -0.39 is 15.8 Å². The van der Waals surface area contributed by atoms with Crippen LogP contribution in [0, 0.1) is 0 Å².